The molecule has 1 saturated carbocycles. The Bertz CT molecular complexity index is 406. The van der Waals surface area contributed by atoms with E-state index in [0.717, 1.165) is 6.42 Å². The monoisotopic (exact) mass is 234 g/mol. The van der Waals surface area contributed by atoms with Crippen LogP contribution >= 0.6 is 0 Å². The van der Waals surface area contributed by atoms with Crippen LogP contribution < -0.4 is 5.32 Å². The minimum absolute atomic E-state index is 0.283. The first-order valence-corrected chi connectivity index (χ1v) is 6.12. The maximum absolute atomic E-state index is 10.9. The minimum atomic E-state index is -0.910. The second kappa shape index (κ2) is 5.17. The van der Waals surface area contributed by atoms with Crippen LogP contribution in [0.3, 0.4) is 0 Å². The van der Waals surface area contributed by atoms with Gasteiger partial charge in [0.1, 0.15) is 5.82 Å². The third kappa shape index (κ3) is 2.96. The first kappa shape index (κ1) is 11.9. The Labute approximate surface area is 101 Å². The van der Waals surface area contributed by atoms with Gasteiger partial charge in [-0.15, -0.1) is 0 Å². The number of nitrogens with zero attached hydrogens (tertiary/aromatic N) is 1. The average Bonchev–Trinajstić information content (AvgIpc) is 2.32. The van der Waals surface area contributed by atoms with E-state index in [1.54, 1.807) is 12.3 Å². The van der Waals surface area contributed by atoms with Crippen molar-refractivity contribution in [1.29, 1.82) is 0 Å². The van der Waals surface area contributed by atoms with Crippen molar-refractivity contribution in [3.05, 3.63) is 23.9 Å². The Hall–Kier alpha value is -1.58. The summed E-state index contributed by atoms with van der Waals surface area (Å²) in [5.41, 5.74) is 0.283. The molecule has 1 aliphatic carbocycles. The standard InChI is InChI=1S/C13H18N2O2/c1-9-4-2-3-5-11(9)15-12-8-10(13(16)17)6-7-14-12/h6-9,11H,2-5H2,1H3,(H,14,15)(H,16,17)/t9-,11+/m0/s1. The lowest BCUT2D eigenvalue weighted by molar-refractivity contribution is 0.0697. The van der Waals surface area contributed by atoms with Crippen molar-refractivity contribution in [2.45, 2.75) is 38.6 Å². The fraction of sp³-hybridized carbons (Fsp3) is 0.538. The van der Waals surface area contributed by atoms with Crippen LogP contribution in [0.15, 0.2) is 18.3 Å². The molecule has 4 nitrogen and oxygen atoms in total. The number of pyridine rings is 1. The van der Waals surface area contributed by atoms with Crippen LogP contribution in [0.2, 0.25) is 0 Å². The molecule has 4 heteroatoms. The lowest BCUT2D eigenvalue weighted by atomic mass is 9.86. The Morgan fingerprint density at radius 3 is 2.94 bits per heavy atom. The van der Waals surface area contributed by atoms with Crippen LogP contribution in [0, 0.1) is 5.92 Å². The van der Waals surface area contributed by atoms with Crippen molar-refractivity contribution < 1.29 is 9.90 Å². The molecule has 92 valence electrons. The number of hydrogen-bond acceptors (Lipinski definition) is 3. The van der Waals surface area contributed by atoms with Gasteiger partial charge < -0.3 is 10.4 Å². The maximum atomic E-state index is 10.9. The molecule has 0 bridgehead atoms. The van der Waals surface area contributed by atoms with E-state index < -0.39 is 5.97 Å². The minimum Gasteiger partial charge on any atom is -0.478 e. The van der Waals surface area contributed by atoms with Gasteiger partial charge in [0.2, 0.25) is 0 Å². The summed E-state index contributed by atoms with van der Waals surface area (Å²) in [7, 11) is 0. The lowest BCUT2D eigenvalue weighted by Crippen LogP contribution is -2.30. The molecular weight excluding hydrogens is 216 g/mol. The van der Waals surface area contributed by atoms with Crippen LogP contribution in [0.1, 0.15) is 43.0 Å². The van der Waals surface area contributed by atoms with Crippen molar-refractivity contribution in [2.75, 3.05) is 5.32 Å². The molecule has 1 aliphatic rings. The second-order valence-electron chi connectivity index (χ2n) is 4.75. The van der Waals surface area contributed by atoms with Crippen LogP contribution in [0.25, 0.3) is 0 Å². The van der Waals surface area contributed by atoms with E-state index in [-0.39, 0.29) is 5.56 Å². The van der Waals surface area contributed by atoms with Crippen molar-refractivity contribution in [3.63, 3.8) is 0 Å². The zero-order chi connectivity index (χ0) is 12.3. The van der Waals surface area contributed by atoms with Gasteiger partial charge in [0.15, 0.2) is 0 Å². The van der Waals surface area contributed by atoms with Crippen LogP contribution in [-0.4, -0.2) is 22.1 Å². The quantitative estimate of drug-likeness (QED) is 0.844. The van der Waals surface area contributed by atoms with Gasteiger partial charge in [-0.05, 0) is 30.9 Å². The number of nitrogens with one attached hydrogen (secondary N) is 1. The van der Waals surface area contributed by atoms with Gasteiger partial charge >= 0.3 is 5.97 Å². The summed E-state index contributed by atoms with van der Waals surface area (Å²) >= 11 is 0. The first-order valence-electron chi connectivity index (χ1n) is 6.12. The van der Waals surface area contributed by atoms with E-state index in [1.165, 1.54) is 25.3 Å². The third-order valence-electron chi connectivity index (χ3n) is 3.45. The van der Waals surface area contributed by atoms with Gasteiger partial charge in [-0.1, -0.05) is 19.8 Å². The van der Waals surface area contributed by atoms with Gasteiger partial charge in [0.05, 0.1) is 5.56 Å². The molecule has 0 amide bonds. The molecule has 0 aromatic carbocycles. The number of anilines is 1. The molecule has 0 radical (unpaired) electrons. The lowest BCUT2D eigenvalue weighted by Gasteiger charge is -2.29. The largest absolute Gasteiger partial charge is 0.478 e. The Balaban J connectivity index is 2.07. The van der Waals surface area contributed by atoms with Crippen LogP contribution in [0.5, 0.6) is 0 Å². The Morgan fingerprint density at radius 2 is 2.24 bits per heavy atom. The van der Waals surface area contributed by atoms with Gasteiger partial charge in [-0.25, -0.2) is 9.78 Å². The average molecular weight is 234 g/mol. The molecule has 1 aromatic rings. The van der Waals surface area contributed by atoms with Crippen molar-refractivity contribution in [2.24, 2.45) is 5.92 Å². The summed E-state index contributed by atoms with van der Waals surface area (Å²) in [6.07, 6.45) is 6.44. The summed E-state index contributed by atoms with van der Waals surface area (Å²) in [6.45, 7) is 2.23. The van der Waals surface area contributed by atoms with Crippen LogP contribution in [0.4, 0.5) is 5.82 Å². The highest BCUT2D eigenvalue weighted by Crippen LogP contribution is 2.26. The van der Waals surface area contributed by atoms with Gasteiger partial charge in [-0.3, -0.25) is 0 Å². The molecule has 1 aromatic heterocycles. The predicted molar refractivity (Wildman–Crippen MR) is 66.2 cm³/mol. The highest BCUT2D eigenvalue weighted by Gasteiger charge is 2.21. The molecule has 1 heterocycles. The first-order chi connectivity index (χ1) is 8.16. The molecular formula is C13H18N2O2. The number of carbonyl (C=O) groups is 1. The van der Waals surface area contributed by atoms with Crippen molar-refractivity contribution >= 4 is 11.8 Å². The summed E-state index contributed by atoms with van der Waals surface area (Å²) in [6, 6.07) is 3.53. The molecule has 0 aliphatic heterocycles. The molecule has 0 unspecified atom stereocenters. The number of aromatic nitrogens is 1. The SMILES string of the molecule is C[C@H]1CCCC[C@H]1Nc1cc(C(=O)O)ccn1. The van der Waals surface area contributed by atoms with Crippen molar-refractivity contribution in [3.8, 4) is 0 Å². The number of hydrogen-bond donors (Lipinski definition) is 2. The Kier molecular flexibility index (Phi) is 3.61. The van der Waals surface area contributed by atoms with E-state index in [4.69, 9.17) is 5.11 Å². The fourth-order valence-corrected chi connectivity index (χ4v) is 2.36. The Morgan fingerprint density at radius 1 is 1.47 bits per heavy atom. The molecule has 0 spiro atoms. The number of rotatable bonds is 3. The summed E-state index contributed by atoms with van der Waals surface area (Å²) < 4.78 is 0. The summed E-state index contributed by atoms with van der Waals surface area (Å²) in [5, 5.41) is 12.3. The van der Waals surface area contributed by atoms with Crippen LogP contribution in [-0.2, 0) is 0 Å². The number of carboxylic acid groups (broad SMARTS) is 1. The van der Waals surface area contributed by atoms with Gasteiger partial charge in [0.25, 0.3) is 0 Å². The zero-order valence-corrected chi connectivity index (χ0v) is 10.0. The second-order valence-corrected chi connectivity index (χ2v) is 4.75. The van der Waals surface area contributed by atoms with E-state index >= 15 is 0 Å². The normalized spacial score (nSPS) is 24.3. The van der Waals surface area contributed by atoms with E-state index in [1.807, 2.05) is 0 Å². The summed E-state index contributed by atoms with van der Waals surface area (Å²) in [4.78, 5) is 15.0. The van der Waals surface area contributed by atoms with E-state index in [2.05, 4.69) is 17.2 Å². The topological polar surface area (TPSA) is 62.2 Å². The third-order valence-corrected chi connectivity index (χ3v) is 3.45. The predicted octanol–water partition coefficient (Wildman–Crippen LogP) is 2.77. The zero-order valence-electron chi connectivity index (χ0n) is 10.0. The van der Waals surface area contributed by atoms with Gasteiger partial charge in [-0.2, -0.15) is 0 Å². The molecule has 2 rings (SSSR count). The van der Waals surface area contributed by atoms with Crippen molar-refractivity contribution in [1.82, 2.24) is 4.98 Å². The smallest absolute Gasteiger partial charge is 0.335 e. The molecule has 17 heavy (non-hydrogen) atoms. The fourth-order valence-electron chi connectivity index (χ4n) is 2.36. The number of aromatic carboxylic acids is 1. The number of carboxylic acids is 1. The highest BCUT2D eigenvalue weighted by molar-refractivity contribution is 5.88. The van der Waals surface area contributed by atoms with Gasteiger partial charge in [0, 0.05) is 12.2 Å². The molecule has 2 atom stereocenters. The van der Waals surface area contributed by atoms with E-state index in [0.29, 0.717) is 17.8 Å². The van der Waals surface area contributed by atoms with E-state index in [9.17, 15) is 4.79 Å². The molecule has 2 N–H and O–H groups in total. The molecule has 1 fully saturated rings. The summed E-state index contributed by atoms with van der Waals surface area (Å²) in [5.74, 6) is 0.384. The molecule has 0 saturated heterocycles. The highest BCUT2D eigenvalue weighted by atomic mass is 16.4. The maximum Gasteiger partial charge on any atom is 0.335 e.